The van der Waals surface area contributed by atoms with E-state index >= 15 is 0 Å². The molecular weight excluding hydrogens is 278 g/mol. The van der Waals surface area contributed by atoms with E-state index in [-0.39, 0.29) is 17.6 Å². The van der Waals surface area contributed by atoms with Crippen LogP contribution < -0.4 is 0 Å². The molecule has 1 heterocycles. The maximum absolute atomic E-state index is 9.13. The Kier molecular flexibility index (Phi) is 4.71. The topological polar surface area (TPSA) is 50.5 Å². The molecule has 0 aliphatic heterocycles. The van der Waals surface area contributed by atoms with Crippen LogP contribution in [-0.4, -0.2) is 52.2 Å². The van der Waals surface area contributed by atoms with Gasteiger partial charge in [-0.05, 0) is 34.2 Å². The first kappa shape index (κ1) is 17.4. The van der Waals surface area contributed by atoms with E-state index < -0.39 is 0 Å². The van der Waals surface area contributed by atoms with Gasteiger partial charge in [-0.3, -0.25) is 9.58 Å². The fourth-order valence-corrected chi connectivity index (χ4v) is 3.80. The van der Waals surface area contributed by atoms with Crippen LogP contribution in [0.4, 0.5) is 0 Å². The van der Waals surface area contributed by atoms with Crippen molar-refractivity contribution in [2.75, 3.05) is 20.8 Å². The lowest BCUT2D eigenvalue weighted by Gasteiger charge is -2.61. The van der Waals surface area contributed by atoms with Crippen molar-refractivity contribution < 1.29 is 9.84 Å². The minimum Gasteiger partial charge on any atom is -0.394 e. The van der Waals surface area contributed by atoms with Crippen LogP contribution in [-0.2, 0) is 17.8 Å². The van der Waals surface area contributed by atoms with Crippen LogP contribution in [0.25, 0.3) is 0 Å². The predicted octanol–water partition coefficient (Wildman–Crippen LogP) is 2.13. The summed E-state index contributed by atoms with van der Waals surface area (Å²) in [6.07, 6.45) is 1.05. The fraction of sp³-hybridized carbons (Fsp3) is 0.824. The van der Waals surface area contributed by atoms with Gasteiger partial charge in [0, 0.05) is 36.4 Å². The number of aryl methyl sites for hydroxylation is 1. The van der Waals surface area contributed by atoms with Gasteiger partial charge in [0.05, 0.1) is 24.4 Å². The summed E-state index contributed by atoms with van der Waals surface area (Å²) in [4.78, 5) is 2.42. The van der Waals surface area contributed by atoms with E-state index in [0.717, 1.165) is 24.4 Å². The number of hydrogen-bond donors (Lipinski definition) is 1. The van der Waals surface area contributed by atoms with Crippen molar-refractivity contribution >= 4 is 0 Å². The van der Waals surface area contributed by atoms with E-state index in [9.17, 15) is 0 Å². The maximum atomic E-state index is 9.13. The SMILES string of the molecule is COC1(C)CC(N(C)Cc2c(C)nn(CCO)c2C)C1(C)C. The van der Waals surface area contributed by atoms with E-state index in [1.54, 1.807) is 0 Å². The van der Waals surface area contributed by atoms with Gasteiger partial charge < -0.3 is 9.84 Å². The van der Waals surface area contributed by atoms with Crippen molar-refractivity contribution in [3.05, 3.63) is 17.0 Å². The van der Waals surface area contributed by atoms with Gasteiger partial charge in [-0.1, -0.05) is 13.8 Å². The average molecular weight is 309 g/mol. The summed E-state index contributed by atoms with van der Waals surface area (Å²) >= 11 is 0. The summed E-state index contributed by atoms with van der Waals surface area (Å²) in [5, 5.41) is 13.7. The molecule has 126 valence electrons. The highest BCUT2D eigenvalue weighted by molar-refractivity contribution is 5.25. The largest absolute Gasteiger partial charge is 0.394 e. The molecule has 0 spiro atoms. The van der Waals surface area contributed by atoms with Crippen LogP contribution in [0, 0.1) is 19.3 Å². The van der Waals surface area contributed by atoms with E-state index in [1.807, 2.05) is 11.8 Å². The molecule has 0 saturated heterocycles. The van der Waals surface area contributed by atoms with E-state index in [2.05, 4.69) is 51.7 Å². The molecule has 1 saturated carbocycles. The van der Waals surface area contributed by atoms with Gasteiger partial charge in [-0.25, -0.2) is 0 Å². The van der Waals surface area contributed by atoms with Crippen molar-refractivity contribution in [3.8, 4) is 0 Å². The molecule has 1 N–H and O–H groups in total. The number of rotatable bonds is 6. The second-order valence-electron chi connectivity index (χ2n) is 7.39. The van der Waals surface area contributed by atoms with Gasteiger partial charge in [-0.2, -0.15) is 5.10 Å². The van der Waals surface area contributed by atoms with Gasteiger partial charge in [-0.15, -0.1) is 0 Å². The molecule has 2 atom stereocenters. The molecule has 1 aromatic heterocycles. The summed E-state index contributed by atoms with van der Waals surface area (Å²) < 4.78 is 7.64. The Morgan fingerprint density at radius 3 is 2.50 bits per heavy atom. The predicted molar refractivity (Wildman–Crippen MR) is 87.9 cm³/mol. The highest BCUT2D eigenvalue weighted by atomic mass is 16.5. The Bertz CT molecular complexity index is 538. The summed E-state index contributed by atoms with van der Waals surface area (Å²) in [6, 6.07) is 0.498. The van der Waals surface area contributed by atoms with Crippen LogP contribution in [0.5, 0.6) is 0 Å². The highest BCUT2D eigenvalue weighted by Crippen LogP contribution is 2.53. The second-order valence-corrected chi connectivity index (χ2v) is 7.39. The second kappa shape index (κ2) is 5.95. The average Bonchev–Trinajstić information content (AvgIpc) is 2.72. The summed E-state index contributed by atoms with van der Waals surface area (Å²) in [5.74, 6) is 0. The normalized spacial score (nSPS) is 27.2. The maximum Gasteiger partial charge on any atom is 0.0731 e. The van der Waals surface area contributed by atoms with Crippen LogP contribution in [0.15, 0.2) is 0 Å². The summed E-state index contributed by atoms with van der Waals surface area (Å²) in [5.41, 5.74) is 3.57. The Labute approximate surface area is 134 Å². The first-order valence-electron chi connectivity index (χ1n) is 8.07. The van der Waals surface area contributed by atoms with Gasteiger partial charge in [0.2, 0.25) is 0 Å². The van der Waals surface area contributed by atoms with Crippen molar-refractivity contribution in [2.24, 2.45) is 5.41 Å². The van der Waals surface area contributed by atoms with Gasteiger partial charge in [0.25, 0.3) is 0 Å². The van der Waals surface area contributed by atoms with E-state index in [1.165, 1.54) is 5.56 Å². The zero-order valence-electron chi connectivity index (χ0n) is 15.1. The third kappa shape index (κ3) is 2.59. The van der Waals surface area contributed by atoms with Gasteiger partial charge >= 0.3 is 0 Å². The Hall–Kier alpha value is -0.910. The molecule has 0 amide bonds. The Morgan fingerprint density at radius 1 is 1.36 bits per heavy atom. The molecule has 2 rings (SSSR count). The molecule has 0 radical (unpaired) electrons. The number of aliphatic hydroxyl groups is 1. The standard InChI is InChI=1S/C17H31N3O2/c1-12-14(13(2)20(18-12)8-9-21)11-19(6)15-10-17(5,22-7)16(15,3)4/h15,21H,8-11H2,1-7H3. The highest BCUT2D eigenvalue weighted by Gasteiger charge is 2.58. The molecule has 0 aromatic carbocycles. The Balaban J connectivity index is 2.13. The number of methoxy groups -OCH3 is 1. The summed E-state index contributed by atoms with van der Waals surface area (Å²) in [7, 11) is 4.00. The molecule has 2 unspecified atom stereocenters. The van der Waals surface area contributed by atoms with E-state index in [0.29, 0.717) is 12.6 Å². The molecular formula is C17H31N3O2. The molecule has 22 heavy (non-hydrogen) atoms. The van der Waals surface area contributed by atoms with Gasteiger partial charge in [0.1, 0.15) is 0 Å². The zero-order chi connectivity index (χ0) is 16.7. The molecule has 1 aliphatic carbocycles. The monoisotopic (exact) mass is 309 g/mol. The van der Waals surface area contributed by atoms with Crippen LogP contribution in [0.3, 0.4) is 0 Å². The fourth-order valence-electron chi connectivity index (χ4n) is 3.80. The number of nitrogens with zero attached hydrogens (tertiary/aromatic N) is 3. The van der Waals surface area contributed by atoms with Crippen LogP contribution >= 0.6 is 0 Å². The van der Waals surface area contributed by atoms with Crippen LogP contribution in [0.1, 0.15) is 44.1 Å². The van der Waals surface area contributed by atoms with Crippen molar-refractivity contribution in [1.29, 1.82) is 0 Å². The van der Waals surface area contributed by atoms with Gasteiger partial charge in [0.15, 0.2) is 0 Å². The molecule has 1 aliphatic rings. The Morgan fingerprint density at radius 2 is 2.00 bits per heavy atom. The first-order valence-corrected chi connectivity index (χ1v) is 8.07. The minimum atomic E-state index is -0.0446. The molecule has 5 heteroatoms. The van der Waals surface area contributed by atoms with Crippen LogP contribution in [0.2, 0.25) is 0 Å². The lowest BCUT2D eigenvalue weighted by molar-refractivity contribution is -0.207. The number of hydrogen-bond acceptors (Lipinski definition) is 4. The zero-order valence-corrected chi connectivity index (χ0v) is 15.1. The lowest BCUT2D eigenvalue weighted by Crippen LogP contribution is -2.67. The molecule has 1 aromatic rings. The smallest absolute Gasteiger partial charge is 0.0731 e. The first-order chi connectivity index (χ1) is 10.2. The third-order valence-corrected chi connectivity index (χ3v) is 6.01. The van der Waals surface area contributed by atoms with Crippen molar-refractivity contribution in [3.63, 3.8) is 0 Å². The van der Waals surface area contributed by atoms with Crippen molar-refractivity contribution in [1.82, 2.24) is 14.7 Å². The third-order valence-electron chi connectivity index (χ3n) is 6.01. The number of aliphatic hydroxyl groups excluding tert-OH is 1. The lowest BCUT2D eigenvalue weighted by atomic mass is 9.55. The molecule has 5 nitrogen and oxygen atoms in total. The molecule has 1 fully saturated rings. The minimum absolute atomic E-state index is 0.0446. The van der Waals surface area contributed by atoms with E-state index in [4.69, 9.17) is 9.84 Å². The molecule has 0 bridgehead atoms. The number of aromatic nitrogens is 2. The van der Waals surface area contributed by atoms with Crippen molar-refractivity contribution in [2.45, 2.75) is 65.8 Å². The summed E-state index contributed by atoms with van der Waals surface area (Å²) in [6.45, 7) is 12.5. The quantitative estimate of drug-likeness (QED) is 0.874. The number of ether oxygens (including phenoxy) is 1.